The molecule has 5 N–H and O–H groups in total. The number of nitrogens with zero attached hydrogens (tertiary/aromatic N) is 2. The molecule has 1 aliphatic heterocycles. The third kappa shape index (κ3) is 2.59. The molecule has 2 heterocycles. The number of aliphatic hydroxyl groups is 3. The van der Waals surface area contributed by atoms with E-state index in [2.05, 4.69) is 10.2 Å². The summed E-state index contributed by atoms with van der Waals surface area (Å²) in [6, 6.07) is 0. The fraction of sp³-hybridized carbons (Fsp3) is 0.714. The summed E-state index contributed by atoms with van der Waals surface area (Å²) in [5.74, 6) is -0.726. The van der Waals surface area contributed by atoms with Gasteiger partial charge in [-0.05, 0) is 26.2 Å². The Morgan fingerprint density at radius 2 is 2.04 bits per heavy atom. The second kappa shape index (κ2) is 6.08. The van der Waals surface area contributed by atoms with Crippen LogP contribution in [-0.4, -0.2) is 73.8 Å². The van der Waals surface area contributed by atoms with E-state index in [1.165, 1.54) is 0 Å². The molecular formula is C14H21N3O6. The van der Waals surface area contributed by atoms with Gasteiger partial charge in [-0.25, -0.2) is 4.79 Å². The third-order valence-electron chi connectivity index (χ3n) is 4.54. The lowest BCUT2D eigenvalue weighted by Gasteiger charge is -2.43. The fourth-order valence-electron chi connectivity index (χ4n) is 3.32. The smallest absolute Gasteiger partial charge is 0.335 e. The van der Waals surface area contributed by atoms with Gasteiger partial charge in [0.15, 0.2) is 12.3 Å². The molecule has 1 aromatic rings. The van der Waals surface area contributed by atoms with E-state index in [4.69, 9.17) is 9.84 Å². The molecule has 1 aromatic heterocycles. The zero-order chi connectivity index (χ0) is 16.7. The lowest BCUT2D eigenvalue weighted by atomic mass is 9.97. The molecule has 9 nitrogen and oxygen atoms in total. The molecule has 23 heavy (non-hydrogen) atoms. The minimum Gasteiger partial charge on any atom is -0.479 e. The zero-order valence-corrected chi connectivity index (χ0v) is 12.7. The van der Waals surface area contributed by atoms with Gasteiger partial charge in [0, 0.05) is 12.1 Å². The van der Waals surface area contributed by atoms with Crippen LogP contribution < -0.4 is 4.90 Å². The summed E-state index contributed by atoms with van der Waals surface area (Å²) >= 11 is 0. The van der Waals surface area contributed by atoms with Crippen molar-refractivity contribution in [1.29, 1.82) is 0 Å². The number of aliphatic hydroxyl groups excluding tert-OH is 3. The number of aromatic amines is 1. The molecule has 0 bridgehead atoms. The van der Waals surface area contributed by atoms with Crippen LogP contribution in [0.4, 0.5) is 5.82 Å². The Morgan fingerprint density at radius 3 is 2.70 bits per heavy atom. The number of likely N-dealkylation sites (N-methyl/N-ethyl adjacent to an activating group) is 1. The Morgan fingerprint density at radius 1 is 1.30 bits per heavy atom. The van der Waals surface area contributed by atoms with Crippen LogP contribution in [0.15, 0.2) is 0 Å². The first kappa shape index (κ1) is 16.2. The van der Waals surface area contributed by atoms with Crippen LogP contribution in [0.1, 0.15) is 24.6 Å². The number of ether oxygens (including phenoxy) is 1. The number of carboxylic acids is 1. The van der Waals surface area contributed by atoms with Gasteiger partial charge in [-0.15, -0.1) is 0 Å². The van der Waals surface area contributed by atoms with Gasteiger partial charge in [0.2, 0.25) is 0 Å². The molecule has 3 rings (SSSR count). The van der Waals surface area contributed by atoms with Crippen molar-refractivity contribution >= 4 is 11.8 Å². The van der Waals surface area contributed by atoms with Crippen molar-refractivity contribution in [3.63, 3.8) is 0 Å². The number of carbonyl (C=O) groups is 1. The zero-order valence-electron chi connectivity index (χ0n) is 12.7. The summed E-state index contributed by atoms with van der Waals surface area (Å²) < 4.78 is 5.40. The van der Waals surface area contributed by atoms with E-state index in [1.807, 2.05) is 6.92 Å². The predicted molar refractivity (Wildman–Crippen MR) is 77.9 cm³/mol. The lowest BCUT2D eigenvalue weighted by Crippen LogP contribution is -2.64. The SMILES string of the molecule is CCN(c1[nH]nc2c1CCC2)C1O[C@H](C(=O)O)[C@@H](O)[C@H](O)[C@H]1O. The van der Waals surface area contributed by atoms with Crippen molar-refractivity contribution in [1.82, 2.24) is 10.2 Å². The second-order valence-electron chi connectivity index (χ2n) is 5.89. The maximum Gasteiger partial charge on any atom is 0.335 e. The molecule has 0 amide bonds. The lowest BCUT2D eigenvalue weighted by molar-refractivity contribution is -0.227. The van der Waals surface area contributed by atoms with E-state index in [1.54, 1.807) is 4.90 Å². The van der Waals surface area contributed by atoms with Crippen molar-refractivity contribution in [2.24, 2.45) is 0 Å². The Hall–Kier alpha value is -1.68. The van der Waals surface area contributed by atoms with Gasteiger partial charge in [0.05, 0.1) is 5.69 Å². The first-order valence-corrected chi connectivity index (χ1v) is 7.71. The number of aliphatic carboxylic acids is 1. The quantitative estimate of drug-likeness (QED) is 0.456. The van der Waals surface area contributed by atoms with Gasteiger partial charge < -0.3 is 30.1 Å². The molecule has 128 valence electrons. The van der Waals surface area contributed by atoms with Crippen molar-refractivity contribution < 1.29 is 30.0 Å². The van der Waals surface area contributed by atoms with Gasteiger partial charge in [-0.3, -0.25) is 5.10 Å². The van der Waals surface area contributed by atoms with Crippen LogP contribution >= 0.6 is 0 Å². The monoisotopic (exact) mass is 327 g/mol. The van der Waals surface area contributed by atoms with Gasteiger partial charge in [-0.1, -0.05) is 0 Å². The van der Waals surface area contributed by atoms with E-state index < -0.39 is 36.6 Å². The minimum absolute atomic E-state index is 0.408. The summed E-state index contributed by atoms with van der Waals surface area (Å²) in [5, 5.41) is 46.3. The largest absolute Gasteiger partial charge is 0.479 e. The molecule has 1 fully saturated rings. The van der Waals surface area contributed by atoms with Crippen LogP contribution in [0.5, 0.6) is 0 Å². The average molecular weight is 327 g/mol. The maximum absolute atomic E-state index is 11.2. The van der Waals surface area contributed by atoms with Gasteiger partial charge in [0.25, 0.3) is 0 Å². The molecule has 0 radical (unpaired) electrons. The predicted octanol–water partition coefficient (Wildman–Crippen LogP) is -1.38. The average Bonchev–Trinajstić information content (AvgIpc) is 3.11. The maximum atomic E-state index is 11.2. The van der Waals surface area contributed by atoms with E-state index >= 15 is 0 Å². The Labute approximate surface area is 132 Å². The Bertz CT molecular complexity index is 591. The van der Waals surface area contributed by atoms with Crippen LogP contribution in [0.25, 0.3) is 0 Å². The van der Waals surface area contributed by atoms with E-state index in [0.717, 1.165) is 30.5 Å². The summed E-state index contributed by atoms with van der Waals surface area (Å²) in [5.41, 5.74) is 1.98. The highest BCUT2D eigenvalue weighted by Crippen LogP contribution is 2.33. The molecule has 0 spiro atoms. The van der Waals surface area contributed by atoms with Gasteiger partial charge >= 0.3 is 5.97 Å². The number of anilines is 1. The van der Waals surface area contributed by atoms with Gasteiger partial charge in [0.1, 0.15) is 24.1 Å². The number of rotatable bonds is 4. The van der Waals surface area contributed by atoms with Crippen molar-refractivity contribution in [2.75, 3.05) is 11.4 Å². The first-order chi connectivity index (χ1) is 11.0. The molecule has 1 saturated heterocycles. The Balaban J connectivity index is 1.91. The topological polar surface area (TPSA) is 139 Å². The number of fused-ring (bicyclic) bond motifs is 1. The number of hydrogen-bond donors (Lipinski definition) is 5. The number of hydrogen-bond acceptors (Lipinski definition) is 7. The third-order valence-corrected chi connectivity index (χ3v) is 4.54. The standard InChI is InChI=1S/C14H21N3O6/c1-2-17(12-6-4-3-5-7(6)15-16-12)13-10(20)8(18)9(19)11(23-13)14(21)22/h8-11,13,18-20H,2-5H2,1H3,(H,15,16)(H,21,22)/t8-,9-,10+,11-,13?/m0/s1. The molecule has 1 unspecified atom stereocenters. The van der Waals surface area contributed by atoms with Crippen LogP contribution in [0.2, 0.25) is 0 Å². The molecule has 1 aliphatic carbocycles. The number of carboxylic acid groups (broad SMARTS) is 1. The van der Waals surface area contributed by atoms with E-state index in [-0.39, 0.29) is 0 Å². The normalized spacial score (nSPS) is 33.5. The molecular weight excluding hydrogens is 306 g/mol. The minimum atomic E-state index is -1.69. The highest BCUT2D eigenvalue weighted by molar-refractivity contribution is 5.73. The van der Waals surface area contributed by atoms with Crippen LogP contribution in [-0.2, 0) is 22.4 Å². The fourth-order valence-corrected chi connectivity index (χ4v) is 3.32. The van der Waals surface area contributed by atoms with Crippen molar-refractivity contribution in [3.8, 4) is 0 Å². The summed E-state index contributed by atoms with van der Waals surface area (Å²) in [6.45, 7) is 2.23. The van der Waals surface area contributed by atoms with Gasteiger partial charge in [-0.2, -0.15) is 5.10 Å². The highest BCUT2D eigenvalue weighted by atomic mass is 16.6. The molecule has 2 aliphatic rings. The highest BCUT2D eigenvalue weighted by Gasteiger charge is 2.49. The number of aryl methyl sites for hydroxylation is 1. The summed E-state index contributed by atoms with van der Waals surface area (Å²) in [4.78, 5) is 12.9. The molecule has 0 saturated carbocycles. The van der Waals surface area contributed by atoms with Crippen LogP contribution in [0, 0.1) is 0 Å². The number of aromatic nitrogens is 2. The first-order valence-electron chi connectivity index (χ1n) is 7.71. The molecule has 0 aromatic carbocycles. The number of H-pyrrole nitrogens is 1. The molecule has 5 atom stereocenters. The summed E-state index contributed by atoms with van der Waals surface area (Å²) in [7, 11) is 0. The van der Waals surface area contributed by atoms with E-state index in [9.17, 15) is 20.1 Å². The van der Waals surface area contributed by atoms with E-state index in [0.29, 0.717) is 12.4 Å². The van der Waals surface area contributed by atoms with Crippen molar-refractivity contribution in [2.45, 2.75) is 56.8 Å². The van der Waals surface area contributed by atoms with Crippen LogP contribution in [0.3, 0.4) is 0 Å². The number of nitrogens with one attached hydrogen (secondary N) is 1. The summed E-state index contributed by atoms with van der Waals surface area (Å²) in [6.07, 6.45) is -4.74. The molecule has 9 heteroatoms. The Kier molecular flexibility index (Phi) is 4.28. The second-order valence-corrected chi connectivity index (χ2v) is 5.89. The van der Waals surface area contributed by atoms with Crippen molar-refractivity contribution in [3.05, 3.63) is 11.3 Å².